The summed E-state index contributed by atoms with van der Waals surface area (Å²) in [5.74, 6) is 0.378. The molecule has 0 spiro atoms. The monoisotopic (exact) mass is 305 g/mol. The third kappa shape index (κ3) is 3.49. The van der Waals surface area contributed by atoms with Gasteiger partial charge in [0.05, 0.1) is 18.3 Å². The van der Waals surface area contributed by atoms with Crippen molar-refractivity contribution >= 4 is 11.6 Å². The molecule has 2 N–H and O–H groups in total. The van der Waals surface area contributed by atoms with Crippen LogP contribution in [-0.2, 0) is 4.79 Å². The number of rotatable bonds is 3. The quantitative estimate of drug-likeness (QED) is 0.883. The molecule has 22 heavy (non-hydrogen) atoms. The molecule has 1 saturated carbocycles. The zero-order valence-corrected chi connectivity index (χ0v) is 13.3. The average molecular weight is 305 g/mol. The molecule has 1 unspecified atom stereocenters. The zero-order chi connectivity index (χ0) is 15.5. The lowest BCUT2D eigenvalue weighted by atomic mass is 9.78. The molecule has 1 amide bonds. The van der Waals surface area contributed by atoms with Gasteiger partial charge in [0.15, 0.2) is 6.54 Å². The highest BCUT2D eigenvalue weighted by Crippen LogP contribution is 2.28. The molecule has 3 rings (SSSR count). The minimum Gasteiger partial charge on any atom is -0.324 e. The van der Waals surface area contributed by atoms with Crippen LogP contribution in [0.1, 0.15) is 44.1 Å². The maximum Gasteiger partial charge on any atom is 0.279 e. The summed E-state index contributed by atoms with van der Waals surface area (Å²) in [6.45, 7) is 3.38. The fraction of sp³-hybridized carbons (Fsp3) is 0.611. The van der Waals surface area contributed by atoms with E-state index in [4.69, 9.17) is 0 Å². The van der Waals surface area contributed by atoms with Crippen LogP contribution >= 0.6 is 0 Å². The Bertz CT molecular complexity index is 544. The largest absolute Gasteiger partial charge is 0.324 e. The molecular weight excluding hydrogens is 279 g/mol. The molecule has 0 radical (unpaired) electrons. The number of hydrogen-bond acceptors (Lipinski definition) is 1. The SMILES string of the molecule is Cc1ccc(NC(=O)C[NH+]2CCC[C@H]3CCCC[C@@H]32)c(F)c1. The Kier molecular flexibility index (Phi) is 4.77. The average Bonchev–Trinajstić information content (AvgIpc) is 2.50. The number of amides is 1. The van der Waals surface area contributed by atoms with Gasteiger partial charge in [0, 0.05) is 5.92 Å². The molecule has 1 aliphatic heterocycles. The number of piperidine rings is 1. The maximum absolute atomic E-state index is 13.8. The van der Waals surface area contributed by atoms with Crippen LogP contribution in [0.2, 0.25) is 0 Å². The number of nitrogens with one attached hydrogen (secondary N) is 2. The molecule has 2 fully saturated rings. The van der Waals surface area contributed by atoms with Crippen molar-refractivity contribution in [1.29, 1.82) is 0 Å². The molecular formula is C18H26FN2O+. The Morgan fingerprint density at radius 1 is 1.27 bits per heavy atom. The minimum absolute atomic E-state index is 0.0658. The number of halogens is 1. The lowest BCUT2D eigenvalue weighted by Gasteiger charge is -2.40. The Labute approximate surface area is 131 Å². The molecule has 0 bridgehead atoms. The van der Waals surface area contributed by atoms with Crippen molar-refractivity contribution < 1.29 is 14.1 Å². The number of fused-ring (bicyclic) bond motifs is 1. The van der Waals surface area contributed by atoms with Gasteiger partial charge in [0.1, 0.15) is 5.82 Å². The normalized spacial score (nSPS) is 28.0. The van der Waals surface area contributed by atoms with E-state index in [0.29, 0.717) is 18.3 Å². The number of anilines is 1. The first-order chi connectivity index (χ1) is 10.6. The standard InChI is InChI=1S/C18H25FN2O/c1-13-8-9-16(15(19)11-13)20-18(22)12-21-10-4-6-14-5-2-3-7-17(14)21/h8-9,11,14,17H,2-7,10,12H2,1H3,(H,20,22)/p+1/t14-,17+/m1/s1. The van der Waals surface area contributed by atoms with Gasteiger partial charge in [0.2, 0.25) is 0 Å². The summed E-state index contributed by atoms with van der Waals surface area (Å²) in [6, 6.07) is 5.57. The van der Waals surface area contributed by atoms with Crippen molar-refractivity contribution in [2.75, 3.05) is 18.4 Å². The van der Waals surface area contributed by atoms with Crippen LogP contribution in [0.25, 0.3) is 0 Å². The van der Waals surface area contributed by atoms with Crippen molar-refractivity contribution in [2.45, 2.75) is 51.5 Å². The lowest BCUT2D eigenvalue weighted by molar-refractivity contribution is -0.928. The van der Waals surface area contributed by atoms with Crippen molar-refractivity contribution in [1.82, 2.24) is 0 Å². The number of aryl methyl sites for hydroxylation is 1. The van der Waals surface area contributed by atoms with Crippen molar-refractivity contribution in [3.63, 3.8) is 0 Å². The Balaban J connectivity index is 1.61. The Hall–Kier alpha value is -1.42. The first kappa shape index (κ1) is 15.5. The van der Waals surface area contributed by atoms with Crippen LogP contribution in [0.3, 0.4) is 0 Å². The summed E-state index contributed by atoms with van der Waals surface area (Å²) in [6.07, 6.45) is 7.73. The van der Waals surface area contributed by atoms with Crippen molar-refractivity contribution in [2.24, 2.45) is 5.92 Å². The number of carbonyl (C=O) groups excluding carboxylic acids is 1. The van der Waals surface area contributed by atoms with Gasteiger partial charge in [-0.2, -0.15) is 0 Å². The van der Waals surface area contributed by atoms with Gasteiger partial charge in [-0.15, -0.1) is 0 Å². The molecule has 3 atom stereocenters. The number of quaternary nitrogens is 1. The third-order valence-electron chi connectivity index (χ3n) is 5.29. The molecule has 1 aromatic carbocycles. The second kappa shape index (κ2) is 6.78. The predicted molar refractivity (Wildman–Crippen MR) is 85.4 cm³/mol. The van der Waals surface area contributed by atoms with Gasteiger partial charge < -0.3 is 10.2 Å². The smallest absolute Gasteiger partial charge is 0.279 e. The highest BCUT2D eigenvalue weighted by Gasteiger charge is 2.37. The lowest BCUT2D eigenvalue weighted by Crippen LogP contribution is -3.18. The molecule has 1 aliphatic carbocycles. The third-order valence-corrected chi connectivity index (χ3v) is 5.29. The maximum atomic E-state index is 13.8. The summed E-state index contributed by atoms with van der Waals surface area (Å²) in [4.78, 5) is 13.7. The van der Waals surface area contributed by atoms with E-state index in [2.05, 4.69) is 5.32 Å². The molecule has 120 valence electrons. The van der Waals surface area contributed by atoms with Gasteiger partial charge in [0.25, 0.3) is 5.91 Å². The van der Waals surface area contributed by atoms with E-state index in [-0.39, 0.29) is 11.7 Å². The van der Waals surface area contributed by atoms with E-state index in [1.54, 1.807) is 6.07 Å². The van der Waals surface area contributed by atoms with Crippen LogP contribution in [-0.4, -0.2) is 25.0 Å². The number of hydrogen-bond donors (Lipinski definition) is 2. The minimum atomic E-state index is -0.350. The second-order valence-corrected chi connectivity index (χ2v) is 6.91. The van der Waals surface area contributed by atoms with Crippen LogP contribution < -0.4 is 10.2 Å². The summed E-state index contributed by atoms with van der Waals surface area (Å²) in [5, 5.41) is 2.75. The van der Waals surface area contributed by atoms with E-state index < -0.39 is 0 Å². The highest BCUT2D eigenvalue weighted by molar-refractivity contribution is 5.91. The Morgan fingerprint density at radius 2 is 2.05 bits per heavy atom. The second-order valence-electron chi connectivity index (χ2n) is 6.91. The van der Waals surface area contributed by atoms with Crippen LogP contribution in [0.15, 0.2) is 18.2 Å². The van der Waals surface area contributed by atoms with E-state index >= 15 is 0 Å². The molecule has 0 aromatic heterocycles. The number of carbonyl (C=O) groups is 1. The molecule has 1 aromatic rings. The van der Waals surface area contributed by atoms with E-state index in [1.807, 2.05) is 13.0 Å². The Morgan fingerprint density at radius 3 is 2.86 bits per heavy atom. The van der Waals surface area contributed by atoms with E-state index in [0.717, 1.165) is 18.0 Å². The highest BCUT2D eigenvalue weighted by atomic mass is 19.1. The van der Waals surface area contributed by atoms with E-state index in [1.165, 1.54) is 49.5 Å². The fourth-order valence-electron chi connectivity index (χ4n) is 4.21. The van der Waals surface area contributed by atoms with Gasteiger partial charge >= 0.3 is 0 Å². The molecule has 4 heteroatoms. The predicted octanol–water partition coefficient (Wildman–Crippen LogP) is 2.31. The number of benzene rings is 1. The van der Waals surface area contributed by atoms with Gasteiger partial charge in [-0.25, -0.2) is 4.39 Å². The van der Waals surface area contributed by atoms with Crippen LogP contribution in [0, 0.1) is 18.7 Å². The summed E-state index contributed by atoms with van der Waals surface area (Å²) >= 11 is 0. The van der Waals surface area contributed by atoms with Crippen LogP contribution in [0.4, 0.5) is 10.1 Å². The van der Waals surface area contributed by atoms with Gasteiger partial charge in [-0.1, -0.05) is 12.5 Å². The van der Waals surface area contributed by atoms with Crippen molar-refractivity contribution in [3.8, 4) is 0 Å². The topological polar surface area (TPSA) is 33.5 Å². The summed E-state index contributed by atoms with van der Waals surface area (Å²) < 4.78 is 13.8. The first-order valence-electron chi connectivity index (χ1n) is 8.54. The fourth-order valence-corrected chi connectivity index (χ4v) is 4.21. The van der Waals surface area contributed by atoms with Gasteiger partial charge in [-0.05, 0) is 56.7 Å². The van der Waals surface area contributed by atoms with E-state index in [9.17, 15) is 9.18 Å². The van der Waals surface area contributed by atoms with Gasteiger partial charge in [-0.3, -0.25) is 4.79 Å². The summed E-state index contributed by atoms with van der Waals surface area (Å²) in [5.41, 5.74) is 1.16. The van der Waals surface area contributed by atoms with Crippen LogP contribution in [0.5, 0.6) is 0 Å². The zero-order valence-electron chi connectivity index (χ0n) is 13.3. The molecule has 1 saturated heterocycles. The summed E-state index contributed by atoms with van der Waals surface area (Å²) in [7, 11) is 0. The number of likely N-dealkylation sites (tertiary alicyclic amines) is 1. The van der Waals surface area contributed by atoms with Crippen molar-refractivity contribution in [3.05, 3.63) is 29.6 Å². The molecule has 1 heterocycles. The first-order valence-corrected chi connectivity index (χ1v) is 8.54. The molecule has 3 nitrogen and oxygen atoms in total. The molecule has 2 aliphatic rings.